The predicted molar refractivity (Wildman–Crippen MR) is 63.4 cm³/mol. The lowest BCUT2D eigenvalue weighted by Crippen LogP contribution is -2.31. The van der Waals surface area contributed by atoms with Crippen molar-refractivity contribution in [3.05, 3.63) is 54.4 Å². The Kier molecular flexibility index (Phi) is 3.14. The molecule has 0 aliphatic heterocycles. The summed E-state index contributed by atoms with van der Waals surface area (Å²) in [5.74, 6) is -0.894. The third-order valence-corrected chi connectivity index (χ3v) is 2.55. The van der Waals surface area contributed by atoms with Crippen molar-refractivity contribution in [1.29, 1.82) is 0 Å². The van der Waals surface area contributed by atoms with Crippen LogP contribution in [0.1, 0.15) is 24.2 Å². The second-order valence-electron chi connectivity index (χ2n) is 4.31. The molecule has 0 fully saturated rings. The number of hydrogen-bond donors (Lipinski definition) is 0. The van der Waals surface area contributed by atoms with Gasteiger partial charge in [0.15, 0.2) is 5.72 Å². The Labute approximate surface area is 104 Å². The standard InChI is InChI=1S/C13H13FN2O2/c1-13(2,16-8-7-15-9-16)18-12(17)10-3-5-11(14)6-4-10/h3-9H,1-2H3. The molecule has 4 nitrogen and oxygen atoms in total. The summed E-state index contributed by atoms with van der Waals surface area (Å²) in [5.41, 5.74) is -0.535. The van der Waals surface area contributed by atoms with E-state index in [2.05, 4.69) is 4.98 Å². The number of nitrogens with zero attached hydrogens (tertiary/aromatic N) is 2. The van der Waals surface area contributed by atoms with Crippen molar-refractivity contribution in [2.45, 2.75) is 19.6 Å². The van der Waals surface area contributed by atoms with E-state index < -0.39 is 11.7 Å². The second-order valence-corrected chi connectivity index (χ2v) is 4.31. The molecule has 2 aromatic rings. The fourth-order valence-corrected chi connectivity index (χ4v) is 1.50. The van der Waals surface area contributed by atoms with Crippen molar-refractivity contribution in [3.8, 4) is 0 Å². The van der Waals surface area contributed by atoms with Crippen LogP contribution in [0.15, 0.2) is 43.0 Å². The SMILES string of the molecule is CC(C)(OC(=O)c1ccc(F)cc1)n1ccnc1. The first-order valence-corrected chi connectivity index (χ1v) is 5.46. The minimum Gasteiger partial charge on any atom is -0.436 e. The zero-order valence-electron chi connectivity index (χ0n) is 10.1. The molecule has 0 atom stereocenters. The summed E-state index contributed by atoms with van der Waals surface area (Å²) in [4.78, 5) is 15.8. The molecule has 0 bridgehead atoms. The summed E-state index contributed by atoms with van der Waals surface area (Å²) in [6, 6.07) is 5.23. The molecule has 0 saturated carbocycles. The van der Waals surface area contributed by atoms with Gasteiger partial charge in [0.1, 0.15) is 5.82 Å². The Morgan fingerprint density at radius 1 is 1.33 bits per heavy atom. The first-order chi connectivity index (χ1) is 8.49. The van der Waals surface area contributed by atoms with Crippen molar-refractivity contribution in [3.63, 3.8) is 0 Å². The van der Waals surface area contributed by atoms with Gasteiger partial charge >= 0.3 is 5.97 Å². The van der Waals surface area contributed by atoms with Crippen molar-refractivity contribution in [2.24, 2.45) is 0 Å². The van der Waals surface area contributed by atoms with Crippen LogP contribution in [0.2, 0.25) is 0 Å². The Morgan fingerprint density at radius 3 is 2.56 bits per heavy atom. The fourth-order valence-electron chi connectivity index (χ4n) is 1.50. The highest BCUT2D eigenvalue weighted by molar-refractivity contribution is 5.89. The number of carbonyl (C=O) groups is 1. The summed E-state index contributed by atoms with van der Waals surface area (Å²) in [7, 11) is 0. The molecule has 1 aromatic heterocycles. The van der Waals surface area contributed by atoms with E-state index in [4.69, 9.17) is 4.74 Å². The molecule has 94 valence electrons. The number of benzene rings is 1. The number of imidazole rings is 1. The summed E-state index contributed by atoms with van der Waals surface area (Å²) in [6.07, 6.45) is 4.88. The van der Waals surface area contributed by atoms with Gasteiger partial charge in [-0.3, -0.25) is 4.57 Å². The Balaban J connectivity index is 2.14. The molecule has 0 N–H and O–H groups in total. The normalized spacial score (nSPS) is 11.3. The van der Waals surface area contributed by atoms with E-state index in [1.54, 1.807) is 37.1 Å². The number of hydrogen-bond acceptors (Lipinski definition) is 3. The van der Waals surface area contributed by atoms with Crippen LogP contribution in [0.25, 0.3) is 0 Å². The maximum atomic E-state index is 12.7. The summed E-state index contributed by atoms with van der Waals surface area (Å²) in [6.45, 7) is 3.49. The fraction of sp³-hybridized carbons (Fsp3) is 0.231. The molecule has 5 heteroatoms. The number of rotatable bonds is 3. The molecule has 0 saturated heterocycles. The van der Waals surface area contributed by atoms with E-state index in [1.165, 1.54) is 24.3 Å². The van der Waals surface area contributed by atoms with Crippen LogP contribution in [-0.2, 0) is 10.5 Å². The van der Waals surface area contributed by atoms with Crippen molar-refractivity contribution < 1.29 is 13.9 Å². The van der Waals surface area contributed by atoms with Gasteiger partial charge in [-0.2, -0.15) is 0 Å². The monoisotopic (exact) mass is 248 g/mol. The van der Waals surface area contributed by atoms with E-state index in [9.17, 15) is 9.18 Å². The lowest BCUT2D eigenvalue weighted by molar-refractivity contribution is -0.0419. The summed E-state index contributed by atoms with van der Waals surface area (Å²) >= 11 is 0. The van der Waals surface area contributed by atoms with Gasteiger partial charge in [-0.15, -0.1) is 0 Å². The molecule has 0 aliphatic carbocycles. The first kappa shape index (κ1) is 12.3. The molecule has 0 radical (unpaired) electrons. The van der Waals surface area contributed by atoms with Gasteiger partial charge in [0, 0.05) is 12.4 Å². The Morgan fingerprint density at radius 2 is 2.00 bits per heavy atom. The predicted octanol–water partition coefficient (Wildman–Crippen LogP) is 2.57. The molecule has 0 amide bonds. The van der Waals surface area contributed by atoms with E-state index in [0.29, 0.717) is 5.56 Å². The van der Waals surface area contributed by atoms with Crippen molar-refractivity contribution >= 4 is 5.97 Å². The van der Waals surface area contributed by atoms with Crippen molar-refractivity contribution in [1.82, 2.24) is 9.55 Å². The maximum Gasteiger partial charge on any atom is 0.340 e. The van der Waals surface area contributed by atoms with Gasteiger partial charge in [0.2, 0.25) is 0 Å². The molecule has 1 heterocycles. The third kappa shape index (κ3) is 2.56. The topological polar surface area (TPSA) is 44.1 Å². The minimum atomic E-state index is -0.845. The number of halogens is 1. The van der Waals surface area contributed by atoms with Crippen LogP contribution in [0, 0.1) is 5.82 Å². The van der Waals surface area contributed by atoms with Crippen LogP contribution in [0.5, 0.6) is 0 Å². The minimum absolute atomic E-state index is 0.310. The molecule has 18 heavy (non-hydrogen) atoms. The van der Waals surface area contributed by atoms with E-state index in [1.807, 2.05) is 0 Å². The highest BCUT2D eigenvalue weighted by Crippen LogP contribution is 2.18. The summed E-state index contributed by atoms with van der Waals surface area (Å²) < 4.78 is 19.8. The molecular formula is C13H13FN2O2. The van der Waals surface area contributed by atoms with Gasteiger partial charge in [0.05, 0.1) is 11.9 Å². The van der Waals surface area contributed by atoms with Crippen LogP contribution < -0.4 is 0 Å². The lowest BCUT2D eigenvalue weighted by Gasteiger charge is -2.26. The Bertz CT molecular complexity index is 533. The molecule has 0 spiro atoms. The maximum absolute atomic E-state index is 12.7. The average Bonchev–Trinajstić information content (AvgIpc) is 2.83. The molecule has 2 rings (SSSR count). The van der Waals surface area contributed by atoms with Gasteiger partial charge in [0.25, 0.3) is 0 Å². The molecule has 1 aromatic carbocycles. The molecular weight excluding hydrogens is 235 g/mol. The third-order valence-electron chi connectivity index (χ3n) is 2.55. The number of carbonyl (C=O) groups excluding carboxylic acids is 1. The Hall–Kier alpha value is -2.17. The van der Waals surface area contributed by atoms with E-state index in [-0.39, 0.29) is 5.82 Å². The van der Waals surface area contributed by atoms with Gasteiger partial charge in [-0.25, -0.2) is 14.2 Å². The molecule has 0 aliphatic rings. The summed E-state index contributed by atoms with van der Waals surface area (Å²) in [5, 5.41) is 0. The first-order valence-electron chi connectivity index (χ1n) is 5.46. The highest BCUT2D eigenvalue weighted by Gasteiger charge is 2.25. The average molecular weight is 248 g/mol. The number of esters is 1. The van der Waals surface area contributed by atoms with E-state index in [0.717, 1.165) is 0 Å². The zero-order valence-corrected chi connectivity index (χ0v) is 10.1. The van der Waals surface area contributed by atoms with Crippen LogP contribution >= 0.6 is 0 Å². The van der Waals surface area contributed by atoms with Gasteiger partial charge in [-0.05, 0) is 38.1 Å². The van der Waals surface area contributed by atoms with E-state index >= 15 is 0 Å². The van der Waals surface area contributed by atoms with Crippen LogP contribution in [0.4, 0.5) is 4.39 Å². The van der Waals surface area contributed by atoms with Gasteiger partial charge < -0.3 is 4.74 Å². The molecule has 0 unspecified atom stereocenters. The number of aromatic nitrogens is 2. The highest BCUT2D eigenvalue weighted by atomic mass is 19.1. The smallest absolute Gasteiger partial charge is 0.340 e. The number of ether oxygens (including phenoxy) is 1. The second kappa shape index (κ2) is 4.60. The largest absolute Gasteiger partial charge is 0.436 e. The lowest BCUT2D eigenvalue weighted by atomic mass is 10.2. The van der Waals surface area contributed by atoms with Gasteiger partial charge in [-0.1, -0.05) is 0 Å². The van der Waals surface area contributed by atoms with Crippen LogP contribution in [-0.4, -0.2) is 15.5 Å². The quantitative estimate of drug-likeness (QED) is 0.784. The zero-order chi connectivity index (χ0) is 13.2. The van der Waals surface area contributed by atoms with Crippen LogP contribution in [0.3, 0.4) is 0 Å². The van der Waals surface area contributed by atoms with Crippen molar-refractivity contribution in [2.75, 3.05) is 0 Å².